The van der Waals surface area contributed by atoms with Gasteiger partial charge >= 0.3 is 0 Å². The average Bonchev–Trinajstić information content (AvgIpc) is 2.44. The Balaban J connectivity index is 3.22. The maximum absolute atomic E-state index is 8.68. The number of nitrogen functional groups attached to an aromatic ring is 1. The molecule has 0 unspecified atom stereocenters. The molecule has 5 heteroatoms. The topological polar surface area (TPSA) is 91.4 Å². The first-order valence-electron chi connectivity index (χ1n) is 3.91. The molecule has 1 aromatic heterocycles. The van der Waals surface area contributed by atoms with Gasteiger partial charge in [-0.25, -0.2) is 4.68 Å². The number of aryl methyl sites for hydroxylation is 1. The number of anilines is 1. The molecule has 0 fully saturated rings. The van der Waals surface area contributed by atoms with E-state index in [4.69, 9.17) is 16.3 Å². The number of nitrogens with two attached hydrogens (primary N) is 1. The minimum Gasteiger partial charge on any atom is -0.383 e. The van der Waals surface area contributed by atoms with E-state index < -0.39 is 0 Å². The number of nitriles is 2. The van der Waals surface area contributed by atoms with E-state index in [-0.39, 0.29) is 17.1 Å². The third-order valence-electron chi connectivity index (χ3n) is 1.64. The normalized spacial score (nSPS) is 9.15. The molecule has 66 valence electrons. The fourth-order valence-corrected chi connectivity index (χ4v) is 1.05. The number of hydrogen-bond donors (Lipinski definition) is 1. The van der Waals surface area contributed by atoms with Gasteiger partial charge in [0.2, 0.25) is 0 Å². The quantitative estimate of drug-likeness (QED) is 0.713. The molecule has 0 aliphatic carbocycles. The van der Waals surface area contributed by atoms with Gasteiger partial charge in [0.1, 0.15) is 23.5 Å². The Labute approximate surface area is 76.0 Å². The van der Waals surface area contributed by atoms with E-state index in [1.165, 1.54) is 4.68 Å². The van der Waals surface area contributed by atoms with Crippen molar-refractivity contribution in [2.24, 2.45) is 0 Å². The van der Waals surface area contributed by atoms with E-state index >= 15 is 0 Å². The van der Waals surface area contributed by atoms with Crippen LogP contribution >= 0.6 is 0 Å². The molecule has 0 saturated heterocycles. The van der Waals surface area contributed by atoms with Crippen LogP contribution in [0.2, 0.25) is 0 Å². The van der Waals surface area contributed by atoms with Crippen molar-refractivity contribution < 1.29 is 0 Å². The Hall–Kier alpha value is -2.01. The molecule has 0 aliphatic rings. The number of nitrogens with zero attached hydrogens (tertiary/aromatic N) is 4. The SMILES string of the molecule is CCCn1nc(C#N)c(C#N)c1N. The summed E-state index contributed by atoms with van der Waals surface area (Å²) in [7, 11) is 0. The minimum absolute atomic E-state index is 0.105. The highest BCUT2D eigenvalue weighted by Crippen LogP contribution is 2.14. The highest BCUT2D eigenvalue weighted by molar-refractivity contribution is 5.55. The van der Waals surface area contributed by atoms with Gasteiger partial charge in [0.05, 0.1) is 0 Å². The van der Waals surface area contributed by atoms with E-state index in [9.17, 15) is 0 Å². The van der Waals surface area contributed by atoms with E-state index in [0.29, 0.717) is 6.54 Å². The predicted octanol–water partition coefficient (Wildman–Crippen LogP) is 0.619. The molecular formula is C8H9N5. The molecule has 0 amide bonds. The molecule has 1 heterocycles. The molecule has 13 heavy (non-hydrogen) atoms. The maximum Gasteiger partial charge on any atom is 0.182 e. The second kappa shape index (κ2) is 3.59. The van der Waals surface area contributed by atoms with Crippen LogP contribution in [-0.4, -0.2) is 9.78 Å². The summed E-state index contributed by atoms with van der Waals surface area (Å²) in [6, 6.07) is 3.69. The van der Waals surface area contributed by atoms with E-state index in [1.807, 2.05) is 19.1 Å². The van der Waals surface area contributed by atoms with Crippen molar-refractivity contribution in [3.63, 3.8) is 0 Å². The molecule has 0 atom stereocenters. The lowest BCUT2D eigenvalue weighted by Crippen LogP contribution is -2.04. The lowest BCUT2D eigenvalue weighted by atomic mass is 10.2. The summed E-state index contributed by atoms with van der Waals surface area (Å²) in [6.07, 6.45) is 0.863. The zero-order valence-corrected chi connectivity index (χ0v) is 7.28. The Morgan fingerprint density at radius 3 is 2.54 bits per heavy atom. The molecule has 1 rings (SSSR count). The van der Waals surface area contributed by atoms with Crippen molar-refractivity contribution in [3.05, 3.63) is 11.3 Å². The van der Waals surface area contributed by atoms with Crippen LogP contribution in [0.4, 0.5) is 5.82 Å². The Kier molecular flexibility index (Phi) is 2.51. The Morgan fingerprint density at radius 2 is 2.15 bits per heavy atom. The van der Waals surface area contributed by atoms with Gasteiger partial charge in [-0.1, -0.05) is 6.92 Å². The lowest BCUT2D eigenvalue weighted by Gasteiger charge is -1.98. The number of aromatic nitrogens is 2. The highest BCUT2D eigenvalue weighted by Gasteiger charge is 2.13. The fourth-order valence-electron chi connectivity index (χ4n) is 1.05. The van der Waals surface area contributed by atoms with Crippen LogP contribution in [-0.2, 0) is 6.54 Å². The van der Waals surface area contributed by atoms with Crippen molar-refractivity contribution >= 4 is 5.82 Å². The van der Waals surface area contributed by atoms with Crippen LogP contribution in [0.1, 0.15) is 24.6 Å². The monoisotopic (exact) mass is 175 g/mol. The summed E-state index contributed by atoms with van der Waals surface area (Å²) in [4.78, 5) is 0. The maximum atomic E-state index is 8.68. The van der Waals surface area contributed by atoms with Crippen LogP contribution in [0, 0.1) is 22.7 Å². The van der Waals surface area contributed by atoms with E-state index in [2.05, 4.69) is 5.10 Å². The van der Waals surface area contributed by atoms with Crippen molar-refractivity contribution in [3.8, 4) is 12.1 Å². The van der Waals surface area contributed by atoms with Crippen LogP contribution < -0.4 is 5.73 Å². The molecule has 0 saturated carbocycles. The van der Waals surface area contributed by atoms with E-state index in [0.717, 1.165) is 6.42 Å². The van der Waals surface area contributed by atoms with Gasteiger partial charge < -0.3 is 5.73 Å². The van der Waals surface area contributed by atoms with E-state index in [1.54, 1.807) is 0 Å². The van der Waals surface area contributed by atoms with Gasteiger partial charge in [-0.3, -0.25) is 0 Å². The summed E-state index contributed by atoms with van der Waals surface area (Å²) in [6.45, 7) is 2.60. The number of hydrogen-bond acceptors (Lipinski definition) is 4. The van der Waals surface area contributed by atoms with Crippen LogP contribution in [0.5, 0.6) is 0 Å². The Bertz CT molecular complexity index is 390. The molecule has 0 radical (unpaired) electrons. The van der Waals surface area contributed by atoms with Gasteiger partial charge in [0, 0.05) is 6.54 Å². The second-order valence-electron chi connectivity index (χ2n) is 2.56. The second-order valence-corrected chi connectivity index (χ2v) is 2.56. The van der Waals surface area contributed by atoms with Gasteiger partial charge in [0.15, 0.2) is 5.69 Å². The minimum atomic E-state index is 0.105. The molecule has 0 bridgehead atoms. The number of rotatable bonds is 2. The molecular weight excluding hydrogens is 166 g/mol. The van der Waals surface area contributed by atoms with Crippen LogP contribution in [0.15, 0.2) is 0 Å². The summed E-state index contributed by atoms with van der Waals surface area (Å²) < 4.78 is 1.48. The fraction of sp³-hybridized carbons (Fsp3) is 0.375. The molecule has 0 aliphatic heterocycles. The molecule has 0 spiro atoms. The summed E-state index contributed by atoms with van der Waals surface area (Å²) >= 11 is 0. The zero-order chi connectivity index (χ0) is 9.84. The largest absolute Gasteiger partial charge is 0.383 e. The van der Waals surface area contributed by atoms with Gasteiger partial charge in [-0.15, -0.1) is 0 Å². The van der Waals surface area contributed by atoms with Gasteiger partial charge in [0.25, 0.3) is 0 Å². The van der Waals surface area contributed by atoms with Gasteiger partial charge in [-0.2, -0.15) is 15.6 Å². The van der Waals surface area contributed by atoms with Crippen molar-refractivity contribution in [2.75, 3.05) is 5.73 Å². The summed E-state index contributed by atoms with van der Waals surface area (Å²) in [5, 5.41) is 21.2. The smallest absolute Gasteiger partial charge is 0.182 e. The lowest BCUT2D eigenvalue weighted by molar-refractivity contribution is 0.609. The molecule has 2 N–H and O–H groups in total. The Morgan fingerprint density at radius 1 is 1.46 bits per heavy atom. The predicted molar refractivity (Wildman–Crippen MR) is 46.4 cm³/mol. The van der Waals surface area contributed by atoms with Gasteiger partial charge in [-0.05, 0) is 6.42 Å². The average molecular weight is 175 g/mol. The van der Waals surface area contributed by atoms with Crippen molar-refractivity contribution in [1.82, 2.24) is 9.78 Å². The van der Waals surface area contributed by atoms with Crippen LogP contribution in [0.3, 0.4) is 0 Å². The standard InChI is InChI=1S/C8H9N5/c1-2-3-13-8(11)6(4-9)7(5-10)12-13/h2-3,11H2,1H3. The molecule has 0 aromatic carbocycles. The molecule has 1 aromatic rings. The van der Waals surface area contributed by atoms with Crippen molar-refractivity contribution in [1.29, 1.82) is 10.5 Å². The first kappa shape index (κ1) is 9.08. The van der Waals surface area contributed by atoms with Crippen molar-refractivity contribution in [2.45, 2.75) is 19.9 Å². The summed E-state index contributed by atoms with van der Waals surface area (Å²) in [5.41, 5.74) is 5.89. The molecule has 5 nitrogen and oxygen atoms in total. The zero-order valence-electron chi connectivity index (χ0n) is 7.28. The summed E-state index contributed by atoms with van der Waals surface area (Å²) in [5.74, 6) is 0.279. The first-order valence-corrected chi connectivity index (χ1v) is 3.91. The third kappa shape index (κ3) is 1.45. The third-order valence-corrected chi connectivity index (χ3v) is 1.64. The highest BCUT2D eigenvalue weighted by atomic mass is 15.3. The first-order chi connectivity index (χ1) is 6.24. The van der Waals surface area contributed by atoms with Crippen LogP contribution in [0.25, 0.3) is 0 Å².